The average molecular weight is 274 g/mol. The summed E-state index contributed by atoms with van der Waals surface area (Å²) in [5.41, 5.74) is 1.12. The third kappa shape index (κ3) is 3.57. The van der Waals surface area contributed by atoms with Crippen molar-refractivity contribution in [1.82, 2.24) is 0 Å². The van der Waals surface area contributed by atoms with Gasteiger partial charge in [0.2, 0.25) is 0 Å². The van der Waals surface area contributed by atoms with Gasteiger partial charge >= 0.3 is 11.9 Å². The van der Waals surface area contributed by atoms with Crippen LogP contribution in [-0.4, -0.2) is 22.2 Å². The van der Waals surface area contributed by atoms with Crippen LogP contribution in [0.15, 0.2) is 36.4 Å². The first kappa shape index (κ1) is 15.7. The van der Waals surface area contributed by atoms with E-state index in [4.69, 9.17) is 5.11 Å². The van der Waals surface area contributed by atoms with Crippen molar-refractivity contribution in [2.24, 2.45) is 0 Å². The molecule has 0 aliphatic heterocycles. The molecule has 0 saturated heterocycles. The third-order valence-electron chi connectivity index (χ3n) is 2.99. The first-order valence-electron chi connectivity index (χ1n) is 6.36. The van der Waals surface area contributed by atoms with Crippen molar-refractivity contribution in [2.75, 3.05) is 0 Å². The molecule has 106 valence electrons. The predicted octanol–water partition coefficient (Wildman–Crippen LogP) is 3.32. The molecule has 2 N–H and O–H groups in total. The normalized spacial score (nSPS) is 11.3. The molecule has 0 bridgehead atoms. The molecule has 1 aromatic rings. The number of hydrogen-bond acceptors (Lipinski definition) is 2. The minimum atomic E-state index is -1.22. The maximum Gasteiger partial charge on any atom is 0.336 e. The van der Waals surface area contributed by atoms with Crippen LogP contribution >= 0.6 is 0 Å². The molecule has 0 radical (unpaired) electrons. The molecule has 0 spiro atoms. The summed E-state index contributed by atoms with van der Waals surface area (Å²) < 4.78 is 0. The minimum Gasteiger partial charge on any atom is -0.478 e. The van der Waals surface area contributed by atoms with Crippen molar-refractivity contribution < 1.29 is 19.8 Å². The standard InChI is InChI=1S/C16H18O4/c1-3-5-7-11-9-10-13(15(17)18)14(16(19)20)12(11)8-6-4-2/h3-6,9-10H,7-8H2,1-2H3,(H,17,18)(H,19,20)/b5-3+,6-4+. The molecule has 1 rings (SSSR count). The van der Waals surface area contributed by atoms with Crippen molar-refractivity contribution in [3.8, 4) is 0 Å². The van der Waals surface area contributed by atoms with Gasteiger partial charge in [-0.1, -0.05) is 30.4 Å². The number of aromatic carboxylic acids is 2. The number of rotatable bonds is 6. The van der Waals surface area contributed by atoms with Crippen LogP contribution in [0.4, 0.5) is 0 Å². The Morgan fingerprint density at radius 2 is 1.60 bits per heavy atom. The summed E-state index contributed by atoms with van der Waals surface area (Å²) in [5.74, 6) is -2.43. The van der Waals surface area contributed by atoms with Crippen LogP contribution < -0.4 is 0 Å². The van der Waals surface area contributed by atoms with E-state index in [0.29, 0.717) is 18.4 Å². The zero-order valence-corrected chi connectivity index (χ0v) is 11.6. The molecule has 0 aliphatic rings. The fourth-order valence-electron chi connectivity index (χ4n) is 2.02. The maximum atomic E-state index is 11.4. The van der Waals surface area contributed by atoms with Crippen LogP contribution in [0.1, 0.15) is 45.7 Å². The lowest BCUT2D eigenvalue weighted by Gasteiger charge is -2.12. The zero-order valence-electron chi connectivity index (χ0n) is 11.6. The fourth-order valence-corrected chi connectivity index (χ4v) is 2.02. The molecule has 0 aromatic heterocycles. The Bertz CT molecular complexity index is 568. The smallest absolute Gasteiger partial charge is 0.336 e. The number of allylic oxidation sites excluding steroid dienone is 4. The molecule has 0 amide bonds. The van der Waals surface area contributed by atoms with E-state index < -0.39 is 11.9 Å². The van der Waals surface area contributed by atoms with Gasteiger partial charge in [-0.15, -0.1) is 0 Å². The Hall–Kier alpha value is -2.36. The summed E-state index contributed by atoms with van der Waals surface area (Å²) in [4.78, 5) is 22.6. The molecule has 0 saturated carbocycles. The second kappa shape index (κ2) is 7.28. The fraction of sp³-hybridized carbons (Fsp3) is 0.250. The van der Waals surface area contributed by atoms with E-state index in [1.54, 1.807) is 6.07 Å². The average Bonchev–Trinajstić information content (AvgIpc) is 2.41. The molecule has 4 nitrogen and oxygen atoms in total. The van der Waals surface area contributed by atoms with Gasteiger partial charge in [0, 0.05) is 0 Å². The van der Waals surface area contributed by atoms with Crippen molar-refractivity contribution in [3.05, 3.63) is 58.7 Å². The Morgan fingerprint density at radius 1 is 1.00 bits per heavy atom. The molecule has 20 heavy (non-hydrogen) atoms. The van der Waals surface area contributed by atoms with Gasteiger partial charge in [0.15, 0.2) is 0 Å². The molecule has 0 aliphatic carbocycles. The number of carboxylic acids is 2. The lowest BCUT2D eigenvalue weighted by atomic mass is 9.92. The first-order chi connectivity index (χ1) is 9.52. The maximum absolute atomic E-state index is 11.4. The van der Waals surface area contributed by atoms with Gasteiger partial charge in [0.05, 0.1) is 11.1 Å². The molecular formula is C16H18O4. The topological polar surface area (TPSA) is 74.6 Å². The van der Waals surface area contributed by atoms with Crippen LogP contribution in [0.2, 0.25) is 0 Å². The molecule has 1 aromatic carbocycles. The highest BCUT2D eigenvalue weighted by Crippen LogP contribution is 2.22. The van der Waals surface area contributed by atoms with Crippen molar-refractivity contribution >= 4 is 11.9 Å². The molecule has 0 heterocycles. The lowest BCUT2D eigenvalue weighted by molar-refractivity contribution is 0.0650. The summed E-state index contributed by atoms with van der Waals surface area (Å²) in [6.07, 6.45) is 8.44. The molecular weight excluding hydrogens is 256 g/mol. The van der Waals surface area contributed by atoms with Gasteiger partial charge in [-0.3, -0.25) is 0 Å². The van der Waals surface area contributed by atoms with E-state index >= 15 is 0 Å². The lowest BCUT2D eigenvalue weighted by Crippen LogP contribution is -2.13. The highest BCUT2D eigenvalue weighted by Gasteiger charge is 2.21. The Kier molecular flexibility index (Phi) is 5.72. The van der Waals surface area contributed by atoms with Crippen LogP contribution in [-0.2, 0) is 12.8 Å². The second-order valence-corrected chi connectivity index (χ2v) is 4.28. The van der Waals surface area contributed by atoms with Gasteiger partial charge in [0.1, 0.15) is 0 Å². The van der Waals surface area contributed by atoms with Crippen molar-refractivity contribution in [3.63, 3.8) is 0 Å². The summed E-state index contributed by atoms with van der Waals surface area (Å²) in [5, 5.41) is 18.5. The minimum absolute atomic E-state index is 0.113. The van der Waals surface area contributed by atoms with Crippen molar-refractivity contribution in [2.45, 2.75) is 26.7 Å². The number of carboxylic acid groups (broad SMARTS) is 2. The molecule has 0 fully saturated rings. The monoisotopic (exact) mass is 274 g/mol. The summed E-state index contributed by atoms with van der Waals surface area (Å²) >= 11 is 0. The highest BCUT2D eigenvalue weighted by atomic mass is 16.4. The van der Waals surface area contributed by atoms with Crippen molar-refractivity contribution in [1.29, 1.82) is 0 Å². The van der Waals surface area contributed by atoms with Gasteiger partial charge in [-0.05, 0) is 43.9 Å². The SMILES string of the molecule is C/C=C/Cc1ccc(C(=O)O)c(C(=O)O)c1C/C=C/C. The zero-order chi connectivity index (χ0) is 15.1. The van der Waals surface area contributed by atoms with E-state index in [0.717, 1.165) is 5.56 Å². The number of benzene rings is 1. The summed E-state index contributed by atoms with van der Waals surface area (Å²) in [7, 11) is 0. The summed E-state index contributed by atoms with van der Waals surface area (Å²) in [6, 6.07) is 3.05. The number of hydrogen-bond donors (Lipinski definition) is 2. The van der Waals surface area contributed by atoms with Gasteiger partial charge < -0.3 is 10.2 Å². The van der Waals surface area contributed by atoms with Crippen LogP contribution in [0.25, 0.3) is 0 Å². The van der Waals surface area contributed by atoms with Crippen LogP contribution in [0, 0.1) is 0 Å². The summed E-state index contributed by atoms with van der Waals surface area (Å²) in [6.45, 7) is 3.72. The van der Waals surface area contributed by atoms with Gasteiger partial charge in [0.25, 0.3) is 0 Å². The molecule has 0 unspecified atom stereocenters. The van der Waals surface area contributed by atoms with Gasteiger partial charge in [-0.25, -0.2) is 9.59 Å². The largest absolute Gasteiger partial charge is 0.478 e. The predicted molar refractivity (Wildman–Crippen MR) is 77.4 cm³/mol. The Morgan fingerprint density at radius 3 is 2.10 bits per heavy atom. The van der Waals surface area contributed by atoms with Crippen LogP contribution in [0.3, 0.4) is 0 Å². The van der Waals surface area contributed by atoms with E-state index in [1.165, 1.54) is 6.07 Å². The van der Waals surface area contributed by atoms with E-state index in [-0.39, 0.29) is 11.1 Å². The quantitative estimate of drug-likeness (QED) is 0.780. The highest BCUT2D eigenvalue weighted by molar-refractivity contribution is 6.03. The van der Waals surface area contributed by atoms with E-state index in [9.17, 15) is 14.7 Å². The second-order valence-electron chi connectivity index (χ2n) is 4.28. The van der Waals surface area contributed by atoms with Crippen LogP contribution in [0.5, 0.6) is 0 Å². The van der Waals surface area contributed by atoms with Gasteiger partial charge in [-0.2, -0.15) is 0 Å². The Balaban J connectivity index is 3.51. The number of carbonyl (C=O) groups is 2. The van der Waals surface area contributed by atoms with E-state index in [1.807, 2.05) is 38.2 Å². The Labute approximate surface area is 118 Å². The molecule has 4 heteroatoms. The van der Waals surface area contributed by atoms with E-state index in [2.05, 4.69) is 0 Å². The molecule has 0 atom stereocenters. The third-order valence-corrected chi connectivity index (χ3v) is 2.99. The first-order valence-corrected chi connectivity index (χ1v) is 6.36.